The number of aliphatic hydroxyl groups excluding tert-OH is 1. The molecule has 2 aromatic rings. The maximum Gasteiger partial charge on any atom is 0.420 e. The minimum absolute atomic E-state index is 0.0678. The molecule has 0 bridgehead atoms. The van der Waals surface area contributed by atoms with Crippen LogP contribution in [0, 0.1) is 5.92 Å². The first-order chi connectivity index (χ1) is 9.61. The zero-order chi connectivity index (χ0) is 14.5. The van der Waals surface area contributed by atoms with Gasteiger partial charge in [-0.2, -0.15) is 0 Å². The van der Waals surface area contributed by atoms with Crippen LogP contribution in [0.5, 0.6) is 0 Å². The Hall–Kier alpha value is -2.08. The molecule has 0 saturated carbocycles. The van der Waals surface area contributed by atoms with E-state index in [0.717, 1.165) is 0 Å². The van der Waals surface area contributed by atoms with Crippen LogP contribution < -0.4 is 11.1 Å². The van der Waals surface area contributed by atoms with Crippen molar-refractivity contribution in [1.29, 1.82) is 0 Å². The fourth-order valence-electron chi connectivity index (χ4n) is 1.97. The van der Waals surface area contributed by atoms with E-state index in [-0.39, 0.29) is 25.0 Å². The highest BCUT2D eigenvalue weighted by molar-refractivity contribution is 5.79. The Labute approximate surface area is 116 Å². The summed E-state index contributed by atoms with van der Waals surface area (Å²) in [6, 6.07) is 6.98. The van der Waals surface area contributed by atoms with Gasteiger partial charge in [-0.25, -0.2) is 4.79 Å². The van der Waals surface area contributed by atoms with E-state index in [4.69, 9.17) is 9.52 Å². The predicted molar refractivity (Wildman–Crippen MR) is 74.4 cm³/mol. The summed E-state index contributed by atoms with van der Waals surface area (Å²) in [4.78, 5) is 23.5. The number of nitrogens with one attached hydrogen (secondary N) is 1. The number of benzene rings is 1. The topological polar surface area (TPSA) is 84.5 Å². The first kappa shape index (κ1) is 14.3. The molecule has 6 nitrogen and oxygen atoms in total. The van der Waals surface area contributed by atoms with Gasteiger partial charge in [0.15, 0.2) is 5.58 Å². The van der Waals surface area contributed by atoms with E-state index in [0.29, 0.717) is 24.1 Å². The summed E-state index contributed by atoms with van der Waals surface area (Å²) in [6.07, 6.45) is 0.634. The maximum absolute atomic E-state index is 11.8. The molecule has 0 aliphatic carbocycles. The van der Waals surface area contributed by atoms with Crippen molar-refractivity contribution in [2.45, 2.75) is 19.9 Å². The number of hydrogen-bond acceptors (Lipinski definition) is 4. The van der Waals surface area contributed by atoms with Gasteiger partial charge in [0.1, 0.15) is 6.54 Å². The molecule has 0 aliphatic heterocycles. The van der Waals surface area contributed by atoms with Gasteiger partial charge >= 0.3 is 5.76 Å². The molecule has 1 aromatic carbocycles. The highest BCUT2D eigenvalue weighted by Gasteiger charge is 2.12. The molecule has 0 saturated heterocycles. The molecular formula is C14H18N2O4. The molecule has 0 spiro atoms. The number of amides is 1. The highest BCUT2D eigenvalue weighted by atomic mass is 16.4. The van der Waals surface area contributed by atoms with Crippen molar-refractivity contribution in [1.82, 2.24) is 9.88 Å². The molecule has 1 unspecified atom stereocenters. The molecule has 20 heavy (non-hydrogen) atoms. The number of oxazole rings is 1. The number of aliphatic hydroxyl groups is 1. The van der Waals surface area contributed by atoms with Gasteiger partial charge in [-0.05, 0) is 24.5 Å². The van der Waals surface area contributed by atoms with Crippen LogP contribution in [0.3, 0.4) is 0 Å². The quantitative estimate of drug-likeness (QED) is 0.815. The lowest BCUT2D eigenvalue weighted by atomic mass is 10.1. The van der Waals surface area contributed by atoms with Gasteiger partial charge in [0.05, 0.1) is 5.52 Å². The van der Waals surface area contributed by atoms with E-state index < -0.39 is 5.76 Å². The summed E-state index contributed by atoms with van der Waals surface area (Å²) in [5.74, 6) is -0.588. The van der Waals surface area contributed by atoms with Crippen LogP contribution in [0.25, 0.3) is 11.1 Å². The van der Waals surface area contributed by atoms with Crippen molar-refractivity contribution < 1.29 is 14.3 Å². The van der Waals surface area contributed by atoms with E-state index in [2.05, 4.69) is 5.32 Å². The lowest BCUT2D eigenvalue weighted by Crippen LogP contribution is -2.33. The van der Waals surface area contributed by atoms with Gasteiger partial charge in [0, 0.05) is 13.2 Å². The Morgan fingerprint density at radius 2 is 2.20 bits per heavy atom. The molecule has 1 aromatic heterocycles. The van der Waals surface area contributed by atoms with E-state index in [9.17, 15) is 9.59 Å². The van der Waals surface area contributed by atoms with E-state index in [1.54, 1.807) is 24.3 Å². The molecular weight excluding hydrogens is 260 g/mol. The number of aromatic nitrogens is 1. The number of rotatable bonds is 6. The lowest BCUT2D eigenvalue weighted by molar-refractivity contribution is -0.121. The summed E-state index contributed by atoms with van der Waals surface area (Å²) in [6.45, 7) is 2.45. The summed E-state index contributed by atoms with van der Waals surface area (Å²) in [7, 11) is 0. The highest BCUT2D eigenvalue weighted by Crippen LogP contribution is 2.11. The minimum Gasteiger partial charge on any atom is -0.408 e. The third kappa shape index (κ3) is 3.27. The van der Waals surface area contributed by atoms with E-state index in [1.807, 2.05) is 6.92 Å². The number of nitrogens with zero attached hydrogens (tertiary/aromatic N) is 1. The van der Waals surface area contributed by atoms with E-state index in [1.165, 1.54) is 4.57 Å². The smallest absolute Gasteiger partial charge is 0.408 e. The molecule has 0 aliphatic rings. The number of fused-ring (bicyclic) bond motifs is 1. The molecule has 6 heteroatoms. The molecule has 1 atom stereocenters. The van der Waals surface area contributed by atoms with Gasteiger partial charge in [-0.15, -0.1) is 0 Å². The normalized spacial score (nSPS) is 12.5. The van der Waals surface area contributed by atoms with Crippen LogP contribution in [0.4, 0.5) is 0 Å². The molecule has 1 amide bonds. The van der Waals surface area contributed by atoms with Crippen LogP contribution in [-0.4, -0.2) is 28.7 Å². The van der Waals surface area contributed by atoms with Crippen LogP contribution in [0.1, 0.15) is 13.3 Å². The lowest BCUT2D eigenvalue weighted by Gasteiger charge is -2.11. The number of para-hydroxylation sites is 2. The Morgan fingerprint density at radius 3 is 2.95 bits per heavy atom. The zero-order valence-electron chi connectivity index (χ0n) is 11.3. The predicted octanol–water partition coefficient (Wildman–Crippen LogP) is 0.729. The summed E-state index contributed by atoms with van der Waals surface area (Å²) >= 11 is 0. The monoisotopic (exact) mass is 278 g/mol. The van der Waals surface area contributed by atoms with E-state index >= 15 is 0 Å². The second kappa shape index (κ2) is 6.38. The van der Waals surface area contributed by atoms with Gasteiger partial charge in [-0.1, -0.05) is 19.1 Å². The molecule has 1 heterocycles. The first-order valence-electron chi connectivity index (χ1n) is 6.57. The fourth-order valence-corrected chi connectivity index (χ4v) is 1.97. The van der Waals surface area contributed by atoms with Crippen LogP contribution in [0.15, 0.2) is 33.5 Å². The van der Waals surface area contributed by atoms with Crippen molar-refractivity contribution in [3.05, 3.63) is 34.8 Å². The maximum atomic E-state index is 11.8. The number of carbonyl (C=O) groups excluding carboxylic acids is 1. The molecule has 0 radical (unpaired) electrons. The first-order valence-corrected chi connectivity index (χ1v) is 6.57. The zero-order valence-corrected chi connectivity index (χ0v) is 11.3. The standard InChI is InChI=1S/C14H18N2O4/c1-10(6-7-17)8-15-13(18)9-16-11-4-2-3-5-12(11)20-14(16)19/h2-5,10,17H,6-9H2,1H3,(H,15,18). The third-order valence-corrected chi connectivity index (χ3v) is 3.15. The summed E-state index contributed by atoms with van der Waals surface area (Å²) in [5, 5.41) is 11.5. The molecule has 2 rings (SSSR count). The van der Waals surface area contributed by atoms with Crippen molar-refractivity contribution in [3.63, 3.8) is 0 Å². The Morgan fingerprint density at radius 1 is 1.45 bits per heavy atom. The fraction of sp³-hybridized carbons (Fsp3) is 0.429. The SMILES string of the molecule is CC(CCO)CNC(=O)Cn1c(=O)oc2ccccc21. The van der Waals surface area contributed by atoms with Crippen molar-refractivity contribution in [2.24, 2.45) is 5.92 Å². The molecule has 0 fully saturated rings. The van der Waals surface area contributed by atoms with Crippen molar-refractivity contribution in [3.8, 4) is 0 Å². The Balaban J connectivity index is 2.03. The van der Waals surface area contributed by atoms with Gasteiger partial charge in [0.2, 0.25) is 5.91 Å². The summed E-state index contributed by atoms with van der Waals surface area (Å²) in [5.41, 5.74) is 1.08. The third-order valence-electron chi connectivity index (χ3n) is 3.15. The Kier molecular flexibility index (Phi) is 4.57. The second-order valence-corrected chi connectivity index (χ2v) is 4.84. The minimum atomic E-state index is -0.537. The average Bonchev–Trinajstić information content (AvgIpc) is 2.73. The summed E-state index contributed by atoms with van der Waals surface area (Å²) < 4.78 is 6.37. The molecule has 2 N–H and O–H groups in total. The van der Waals surface area contributed by atoms with Crippen molar-refractivity contribution in [2.75, 3.05) is 13.2 Å². The van der Waals surface area contributed by atoms with Crippen LogP contribution >= 0.6 is 0 Å². The Bertz CT molecular complexity index is 644. The molecule has 108 valence electrons. The number of hydrogen-bond donors (Lipinski definition) is 2. The average molecular weight is 278 g/mol. The second-order valence-electron chi connectivity index (χ2n) is 4.84. The van der Waals surface area contributed by atoms with Crippen LogP contribution in [0.2, 0.25) is 0 Å². The van der Waals surface area contributed by atoms with Gasteiger partial charge in [0.25, 0.3) is 0 Å². The van der Waals surface area contributed by atoms with Gasteiger partial charge in [-0.3, -0.25) is 9.36 Å². The largest absolute Gasteiger partial charge is 0.420 e. The van der Waals surface area contributed by atoms with Gasteiger partial charge < -0.3 is 14.8 Å². The van der Waals surface area contributed by atoms with Crippen LogP contribution in [-0.2, 0) is 11.3 Å². The van der Waals surface area contributed by atoms with Crippen molar-refractivity contribution >= 4 is 17.0 Å². The number of carbonyl (C=O) groups is 1.